The van der Waals surface area contributed by atoms with E-state index in [-0.39, 0.29) is 16.3 Å². The molecule has 10 heteroatoms. The smallest absolute Gasteiger partial charge is 0.224 e. The van der Waals surface area contributed by atoms with Gasteiger partial charge in [-0.25, -0.2) is 9.97 Å². The Balaban J connectivity index is 2.20. The zero-order valence-electron chi connectivity index (χ0n) is 11.4. The molecule has 0 atom stereocenters. The van der Waals surface area contributed by atoms with Crippen molar-refractivity contribution < 1.29 is 26.3 Å². The summed E-state index contributed by atoms with van der Waals surface area (Å²) in [7, 11) is 0. The predicted octanol–water partition coefficient (Wildman–Crippen LogP) is 4.20. The molecular formula is C14H4F6N4. The van der Waals surface area contributed by atoms with Crippen LogP contribution in [0.25, 0.3) is 32.8 Å². The van der Waals surface area contributed by atoms with E-state index in [4.69, 9.17) is 0 Å². The van der Waals surface area contributed by atoms with Gasteiger partial charge in [0.1, 0.15) is 5.52 Å². The highest BCUT2D eigenvalue weighted by Crippen LogP contribution is 2.39. The largest absolute Gasteiger partial charge is 0.451 e. The van der Waals surface area contributed by atoms with Gasteiger partial charge in [0, 0.05) is 5.39 Å². The molecule has 4 nitrogen and oxygen atoms in total. The van der Waals surface area contributed by atoms with Crippen molar-refractivity contribution in [2.45, 2.75) is 12.4 Å². The molecule has 24 heavy (non-hydrogen) atoms. The van der Waals surface area contributed by atoms with Crippen LogP contribution in [-0.2, 0) is 12.4 Å². The standard InChI is InChI=1S/C14H4F6N4/c15-13(16,17)6-3-1-5-2-4-7-9-8(5)10(6)23-24-11(9)22-12(21-7)14(18,19)20/h1-4H. The number of benzene rings is 2. The van der Waals surface area contributed by atoms with Crippen LogP contribution in [-0.4, -0.2) is 20.2 Å². The SMILES string of the molecule is FC(F)(F)c1nc2ccc3ccc(C(F)(F)F)c4nnc(n1)c2c34. The molecule has 0 bridgehead atoms. The third kappa shape index (κ3) is 2.02. The van der Waals surface area contributed by atoms with E-state index >= 15 is 0 Å². The van der Waals surface area contributed by atoms with Crippen LogP contribution in [0, 0.1) is 0 Å². The monoisotopic (exact) mass is 342 g/mol. The molecule has 0 unspecified atom stereocenters. The van der Waals surface area contributed by atoms with Gasteiger partial charge in [-0.3, -0.25) is 0 Å². The van der Waals surface area contributed by atoms with Crippen LogP contribution in [0.2, 0.25) is 0 Å². The van der Waals surface area contributed by atoms with Crippen LogP contribution in [0.1, 0.15) is 11.4 Å². The minimum absolute atomic E-state index is 0.0246. The van der Waals surface area contributed by atoms with Crippen molar-refractivity contribution in [1.29, 1.82) is 0 Å². The average Bonchev–Trinajstić information content (AvgIpc) is 2.50. The molecule has 0 radical (unpaired) electrons. The fourth-order valence-electron chi connectivity index (χ4n) is 2.63. The minimum atomic E-state index is -4.80. The number of hydrogen-bond acceptors (Lipinski definition) is 4. The maximum Gasteiger partial charge on any atom is 0.451 e. The number of nitrogens with zero attached hydrogens (tertiary/aromatic N) is 4. The number of aromatic nitrogens is 4. The van der Waals surface area contributed by atoms with Gasteiger partial charge in [-0.15, -0.1) is 10.2 Å². The fourth-order valence-corrected chi connectivity index (χ4v) is 2.63. The van der Waals surface area contributed by atoms with Gasteiger partial charge in [0.15, 0.2) is 5.65 Å². The summed E-state index contributed by atoms with van der Waals surface area (Å²) in [5, 5.41) is 7.38. The van der Waals surface area contributed by atoms with Crippen molar-refractivity contribution in [2.24, 2.45) is 0 Å². The van der Waals surface area contributed by atoms with E-state index in [1.165, 1.54) is 18.2 Å². The van der Waals surface area contributed by atoms with E-state index in [2.05, 4.69) is 20.2 Å². The molecule has 0 saturated heterocycles. The predicted molar refractivity (Wildman–Crippen MR) is 71.3 cm³/mol. The van der Waals surface area contributed by atoms with Gasteiger partial charge in [-0.05, 0) is 17.5 Å². The Morgan fingerprint density at radius 2 is 1.42 bits per heavy atom. The second-order valence-electron chi connectivity index (χ2n) is 5.09. The summed E-state index contributed by atoms with van der Waals surface area (Å²) in [5.41, 5.74) is -2.00. The van der Waals surface area contributed by atoms with Crippen molar-refractivity contribution in [1.82, 2.24) is 20.2 Å². The molecule has 0 N–H and O–H groups in total. The summed E-state index contributed by atoms with van der Waals surface area (Å²) in [6.07, 6.45) is -9.47. The number of alkyl halides is 6. The van der Waals surface area contributed by atoms with Crippen molar-refractivity contribution >= 4 is 32.8 Å². The Bertz CT molecular complexity index is 1070. The minimum Gasteiger partial charge on any atom is -0.224 e. The Labute approximate surface area is 128 Å². The first kappa shape index (κ1) is 14.8. The highest BCUT2D eigenvalue weighted by Gasteiger charge is 2.37. The van der Waals surface area contributed by atoms with Gasteiger partial charge < -0.3 is 0 Å². The molecule has 0 aliphatic rings. The number of halogens is 6. The van der Waals surface area contributed by atoms with E-state index in [0.29, 0.717) is 5.39 Å². The van der Waals surface area contributed by atoms with Gasteiger partial charge in [-0.2, -0.15) is 26.3 Å². The Morgan fingerprint density at radius 3 is 2.08 bits per heavy atom. The normalized spacial score (nSPS) is 13.4. The summed E-state index contributed by atoms with van der Waals surface area (Å²) in [4.78, 5) is 6.70. The van der Waals surface area contributed by atoms with E-state index < -0.39 is 34.9 Å². The third-order valence-corrected chi connectivity index (χ3v) is 3.60. The van der Waals surface area contributed by atoms with Crippen LogP contribution in [0.3, 0.4) is 0 Å². The molecule has 0 fully saturated rings. The Hall–Kier alpha value is -2.78. The van der Waals surface area contributed by atoms with Crippen LogP contribution in [0.15, 0.2) is 24.3 Å². The summed E-state index contributed by atoms with van der Waals surface area (Å²) >= 11 is 0. The molecule has 4 aromatic rings. The van der Waals surface area contributed by atoms with E-state index in [0.717, 1.165) is 6.07 Å². The summed E-state index contributed by atoms with van der Waals surface area (Å²) in [6, 6.07) is 4.76. The van der Waals surface area contributed by atoms with E-state index in [9.17, 15) is 26.3 Å². The molecule has 4 rings (SSSR count). The van der Waals surface area contributed by atoms with Crippen LogP contribution < -0.4 is 0 Å². The molecule has 122 valence electrons. The molecule has 0 saturated carbocycles. The lowest BCUT2D eigenvalue weighted by Crippen LogP contribution is -2.13. The molecule has 2 aromatic carbocycles. The zero-order chi connectivity index (χ0) is 17.3. The first-order chi connectivity index (χ1) is 11.2. The van der Waals surface area contributed by atoms with Crippen molar-refractivity contribution in [3.63, 3.8) is 0 Å². The lowest BCUT2D eigenvalue weighted by molar-refractivity contribution is -0.144. The lowest BCUT2D eigenvalue weighted by atomic mass is 10.0. The molecular weight excluding hydrogens is 338 g/mol. The zero-order valence-corrected chi connectivity index (χ0v) is 11.4. The van der Waals surface area contributed by atoms with Gasteiger partial charge in [-0.1, -0.05) is 12.1 Å². The van der Waals surface area contributed by atoms with Gasteiger partial charge in [0.2, 0.25) is 5.82 Å². The van der Waals surface area contributed by atoms with E-state index in [1.807, 2.05) is 0 Å². The first-order valence-electron chi connectivity index (χ1n) is 6.50. The second kappa shape index (κ2) is 4.40. The van der Waals surface area contributed by atoms with Gasteiger partial charge in [0.25, 0.3) is 0 Å². The number of hydrogen-bond donors (Lipinski definition) is 0. The Morgan fingerprint density at radius 1 is 0.708 bits per heavy atom. The molecule has 0 aliphatic carbocycles. The lowest BCUT2D eigenvalue weighted by Gasteiger charge is -2.14. The summed E-state index contributed by atoms with van der Waals surface area (Å²) in [5.74, 6) is -1.42. The molecule has 0 spiro atoms. The topological polar surface area (TPSA) is 51.6 Å². The van der Waals surface area contributed by atoms with Crippen LogP contribution in [0.5, 0.6) is 0 Å². The molecule has 2 heterocycles. The van der Waals surface area contributed by atoms with Gasteiger partial charge >= 0.3 is 12.4 Å². The molecule has 0 aliphatic heterocycles. The first-order valence-corrected chi connectivity index (χ1v) is 6.50. The number of rotatable bonds is 0. The van der Waals surface area contributed by atoms with Crippen LogP contribution in [0.4, 0.5) is 26.3 Å². The maximum absolute atomic E-state index is 13.1. The van der Waals surface area contributed by atoms with Crippen molar-refractivity contribution in [3.05, 3.63) is 35.7 Å². The van der Waals surface area contributed by atoms with Gasteiger partial charge in [0.05, 0.1) is 16.5 Å². The van der Waals surface area contributed by atoms with E-state index in [1.54, 1.807) is 0 Å². The van der Waals surface area contributed by atoms with Crippen LogP contribution >= 0.6 is 0 Å². The molecule has 0 amide bonds. The highest BCUT2D eigenvalue weighted by molar-refractivity contribution is 6.19. The second-order valence-corrected chi connectivity index (χ2v) is 5.09. The summed E-state index contributed by atoms with van der Waals surface area (Å²) in [6.45, 7) is 0. The van der Waals surface area contributed by atoms with Crippen molar-refractivity contribution in [3.8, 4) is 0 Å². The average molecular weight is 342 g/mol. The summed E-state index contributed by atoms with van der Waals surface area (Å²) < 4.78 is 77.9. The highest BCUT2D eigenvalue weighted by atomic mass is 19.4. The van der Waals surface area contributed by atoms with Crippen molar-refractivity contribution in [2.75, 3.05) is 0 Å². The Kier molecular flexibility index (Phi) is 2.71. The maximum atomic E-state index is 13.1. The third-order valence-electron chi connectivity index (χ3n) is 3.60. The fraction of sp³-hybridized carbons (Fsp3) is 0.143. The molecule has 2 aromatic heterocycles. The quantitative estimate of drug-likeness (QED) is 0.355.